The van der Waals surface area contributed by atoms with Gasteiger partial charge in [-0.2, -0.15) is 13.2 Å². The number of nitrogens with zero attached hydrogens (tertiary/aromatic N) is 2. The average Bonchev–Trinajstić information content (AvgIpc) is 2.78. The Morgan fingerprint density at radius 2 is 2.04 bits per heavy atom. The van der Waals surface area contributed by atoms with E-state index >= 15 is 0 Å². The number of hydrogen-bond donors (Lipinski definition) is 1. The second-order valence-electron chi connectivity index (χ2n) is 4.82. The van der Waals surface area contributed by atoms with Crippen LogP contribution >= 0.6 is 0 Å². The van der Waals surface area contributed by atoms with Crippen LogP contribution < -0.4 is 5.56 Å². The van der Waals surface area contributed by atoms with Gasteiger partial charge in [-0.3, -0.25) is 9.00 Å². The van der Waals surface area contributed by atoms with Crippen molar-refractivity contribution in [3.05, 3.63) is 45.0 Å². The van der Waals surface area contributed by atoms with Crippen LogP contribution in [0.2, 0.25) is 0 Å². The smallest absolute Gasteiger partial charge is 0.361 e. The van der Waals surface area contributed by atoms with Crippen LogP contribution in [0.4, 0.5) is 13.2 Å². The van der Waals surface area contributed by atoms with Crippen LogP contribution in [0.3, 0.4) is 0 Å². The van der Waals surface area contributed by atoms with E-state index in [1.54, 1.807) is 6.92 Å². The number of nitrogens with one attached hydrogen (secondary N) is 1. The highest BCUT2D eigenvalue weighted by atomic mass is 32.2. The first-order valence-electron chi connectivity index (χ1n) is 6.67. The highest BCUT2D eigenvalue weighted by molar-refractivity contribution is 7.83. The van der Waals surface area contributed by atoms with Crippen molar-refractivity contribution < 1.29 is 21.9 Å². The van der Waals surface area contributed by atoms with Crippen molar-refractivity contribution in [3.8, 4) is 0 Å². The van der Waals surface area contributed by atoms with Gasteiger partial charge in [0.05, 0.1) is 17.2 Å². The average molecular weight is 349 g/mol. The molecule has 2 aromatic rings. The summed E-state index contributed by atoms with van der Waals surface area (Å²) in [7, 11) is -1.57. The molecule has 1 N–H and O–H groups in total. The minimum Gasteiger partial charge on any atom is -0.361 e. The molecule has 126 valence electrons. The molecule has 1 atom stereocenters. The molecule has 0 saturated heterocycles. The van der Waals surface area contributed by atoms with Gasteiger partial charge in [-0.05, 0) is 13.3 Å². The minimum absolute atomic E-state index is 0.0679. The Labute approximate surface area is 131 Å². The third-order valence-corrected chi connectivity index (χ3v) is 4.29. The highest BCUT2D eigenvalue weighted by Gasteiger charge is 2.33. The molecule has 0 fully saturated rings. The topological polar surface area (TPSA) is 88.8 Å². The molecule has 0 saturated carbocycles. The molecule has 0 aliphatic heterocycles. The third-order valence-electron chi connectivity index (χ3n) is 3.09. The Kier molecular flexibility index (Phi) is 5.03. The molecule has 23 heavy (non-hydrogen) atoms. The summed E-state index contributed by atoms with van der Waals surface area (Å²) in [6.45, 7) is 3.53. The van der Waals surface area contributed by atoms with Gasteiger partial charge in [0.1, 0.15) is 11.6 Å². The van der Waals surface area contributed by atoms with E-state index in [4.69, 9.17) is 4.52 Å². The molecule has 0 unspecified atom stereocenters. The number of H-pyrrole nitrogens is 1. The van der Waals surface area contributed by atoms with Crippen molar-refractivity contribution in [2.75, 3.05) is 0 Å². The zero-order chi connectivity index (χ0) is 17.2. The summed E-state index contributed by atoms with van der Waals surface area (Å²) in [6, 6.07) is 0.367. The quantitative estimate of drug-likeness (QED) is 0.893. The van der Waals surface area contributed by atoms with Crippen molar-refractivity contribution in [1.82, 2.24) is 15.1 Å². The Balaban J connectivity index is 2.19. The normalized spacial score (nSPS) is 13.3. The summed E-state index contributed by atoms with van der Waals surface area (Å²) >= 11 is 0. The number of aromatic nitrogens is 3. The number of alkyl halides is 3. The molecule has 2 aromatic heterocycles. The summed E-state index contributed by atoms with van der Waals surface area (Å²) in [4.78, 5) is 16.8. The van der Waals surface area contributed by atoms with Crippen LogP contribution in [-0.4, -0.2) is 19.3 Å². The van der Waals surface area contributed by atoms with E-state index in [1.807, 2.05) is 6.92 Å². The predicted octanol–water partition coefficient (Wildman–Crippen LogP) is 2.10. The Hall–Kier alpha value is -1.97. The standard InChI is InChI=1S/C13H14F3N3O3S/c1-3-9-8(7(2)22-19-9)5-23(21)6-11-17-10(13(14,15)16)4-12(20)18-11/h4H,3,5-6H2,1-2H3,(H,17,18,20)/t23-/m0/s1. The van der Waals surface area contributed by atoms with Gasteiger partial charge >= 0.3 is 6.18 Å². The number of aromatic amines is 1. The van der Waals surface area contributed by atoms with E-state index in [-0.39, 0.29) is 17.3 Å². The van der Waals surface area contributed by atoms with Gasteiger partial charge in [0.25, 0.3) is 5.56 Å². The van der Waals surface area contributed by atoms with E-state index in [0.717, 1.165) is 0 Å². The SMILES string of the molecule is CCc1noc(C)c1C[S@](=O)Cc1nc(C(F)(F)F)cc(=O)[nH]1. The first-order chi connectivity index (χ1) is 10.7. The maximum absolute atomic E-state index is 12.6. The van der Waals surface area contributed by atoms with Gasteiger partial charge in [-0.25, -0.2) is 4.98 Å². The van der Waals surface area contributed by atoms with Crippen LogP contribution in [-0.2, 0) is 34.9 Å². The van der Waals surface area contributed by atoms with Gasteiger partial charge < -0.3 is 9.51 Å². The monoisotopic (exact) mass is 349 g/mol. The van der Waals surface area contributed by atoms with E-state index in [9.17, 15) is 22.2 Å². The Bertz CT molecular complexity index is 783. The van der Waals surface area contributed by atoms with Crippen molar-refractivity contribution >= 4 is 10.8 Å². The molecule has 0 aromatic carbocycles. The van der Waals surface area contributed by atoms with Crippen LogP contribution in [0.1, 0.15) is 35.5 Å². The fourth-order valence-electron chi connectivity index (χ4n) is 1.99. The lowest BCUT2D eigenvalue weighted by Crippen LogP contribution is -2.19. The van der Waals surface area contributed by atoms with Gasteiger partial charge in [-0.15, -0.1) is 0 Å². The van der Waals surface area contributed by atoms with E-state index in [1.165, 1.54) is 0 Å². The third kappa shape index (κ3) is 4.27. The molecule has 6 nitrogen and oxygen atoms in total. The summed E-state index contributed by atoms with van der Waals surface area (Å²) in [6.07, 6.45) is -4.15. The predicted molar refractivity (Wildman–Crippen MR) is 76.0 cm³/mol. The number of hydrogen-bond acceptors (Lipinski definition) is 5. The minimum atomic E-state index is -4.73. The molecule has 0 amide bonds. The summed E-state index contributed by atoms with van der Waals surface area (Å²) in [5, 5.41) is 3.82. The van der Waals surface area contributed by atoms with Gasteiger partial charge in [-0.1, -0.05) is 12.1 Å². The van der Waals surface area contributed by atoms with Crippen molar-refractivity contribution in [1.29, 1.82) is 0 Å². The molecular formula is C13H14F3N3O3S. The van der Waals surface area contributed by atoms with E-state index < -0.39 is 28.2 Å². The number of aryl methyl sites for hydroxylation is 2. The molecular weight excluding hydrogens is 335 g/mol. The van der Waals surface area contributed by atoms with Crippen molar-refractivity contribution in [2.24, 2.45) is 0 Å². The molecule has 0 aliphatic carbocycles. The Morgan fingerprint density at radius 3 is 2.65 bits per heavy atom. The number of rotatable bonds is 5. The first-order valence-corrected chi connectivity index (χ1v) is 8.16. The van der Waals surface area contributed by atoms with Crippen LogP contribution in [0.25, 0.3) is 0 Å². The second kappa shape index (κ2) is 6.65. The molecule has 2 heterocycles. The highest BCUT2D eigenvalue weighted by Crippen LogP contribution is 2.26. The Morgan fingerprint density at radius 1 is 1.35 bits per heavy atom. The molecule has 0 aliphatic rings. The van der Waals surface area contributed by atoms with Gasteiger partial charge in [0.15, 0.2) is 5.69 Å². The molecule has 0 spiro atoms. The lowest BCUT2D eigenvalue weighted by Gasteiger charge is -2.07. The van der Waals surface area contributed by atoms with Crippen LogP contribution in [0.5, 0.6) is 0 Å². The zero-order valence-corrected chi connectivity index (χ0v) is 13.2. The van der Waals surface area contributed by atoms with E-state index in [0.29, 0.717) is 29.5 Å². The maximum Gasteiger partial charge on any atom is 0.433 e. The molecule has 0 radical (unpaired) electrons. The van der Waals surface area contributed by atoms with Crippen LogP contribution in [0.15, 0.2) is 15.4 Å². The molecule has 10 heteroatoms. The summed E-state index contributed by atoms with van der Waals surface area (Å²) in [5.41, 5.74) is -0.917. The largest absolute Gasteiger partial charge is 0.433 e. The maximum atomic E-state index is 12.6. The summed E-state index contributed by atoms with van der Waals surface area (Å²) in [5.74, 6) is 0.0155. The van der Waals surface area contributed by atoms with Crippen LogP contribution in [0, 0.1) is 6.92 Å². The second-order valence-corrected chi connectivity index (χ2v) is 6.28. The lowest BCUT2D eigenvalue weighted by molar-refractivity contribution is -0.141. The molecule has 2 rings (SSSR count). The first kappa shape index (κ1) is 17.4. The van der Waals surface area contributed by atoms with Crippen molar-refractivity contribution in [3.63, 3.8) is 0 Å². The fourth-order valence-corrected chi connectivity index (χ4v) is 3.22. The molecule has 0 bridgehead atoms. The van der Waals surface area contributed by atoms with Crippen molar-refractivity contribution in [2.45, 2.75) is 38.0 Å². The zero-order valence-electron chi connectivity index (χ0n) is 12.4. The summed E-state index contributed by atoms with van der Waals surface area (Å²) < 4.78 is 55.1. The lowest BCUT2D eigenvalue weighted by atomic mass is 10.2. The van der Waals surface area contributed by atoms with Gasteiger partial charge in [0, 0.05) is 22.4 Å². The fraction of sp³-hybridized carbons (Fsp3) is 0.462. The van der Waals surface area contributed by atoms with Gasteiger partial charge in [0.2, 0.25) is 0 Å². The number of halogens is 3. The van der Waals surface area contributed by atoms with E-state index in [2.05, 4.69) is 15.1 Å².